The van der Waals surface area contributed by atoms with E-state index in [1.807, 2.05) is 6.92 Å². The summed E-state index contributed by atoms with van der Waals surface area (Å²) in [4.78, 5) is 18.3. The number of likely N-dealkylation sites (tertiary alicyclic amines) is 1. The van der Waals surface area contributed by atoms with E-state index in [1.54, 1.807) is 23.2 Å². The number of nitrogens with zero attached hydrogens (tertiary/aromatic N) is 2. The van der Waals surface area contributed by atoms with Crippen LogP contribution in [0, 0.1) is 0 Å². The van der Waals surface area contributed by atoms with Gasteiger partial charge in [0.1, 0.15) is 5.56 Å². The molecule has 0 aromatic carbocycles. The molecule has 0 unspecified atom stereocenters. The van der Waals surface area contributed by atoms with Gasteiger partial charge in [0.15, 0.2) is 0 Å². The smallest absolute Gasteiger partial charge is 0.259 e. The number of ether oxygens (including phenoxy) is 1. The van der Waals surface area contributed by atoms with Crippen LogP contribution >= 0.6 is 0 Å². The molecule has 2 rings (SSSR count). The zero-order valence-corrected chi connectivity index (χ0v) is 13.6. The van der Waals surface area contributed by atoms with Crippen molar-refractivity contribution in [3.63, 3.8) is 0 Å². The first-order valence-corrected chi connectivity index (χ1v) is 9.14. The number of rotatable bonds is 5. The lowest BCUT2D eigenvalue weighted by atomic mass is 10.1. The second-order valence-electron chi connectivity index (χ2n) is 5.25. The minimum absolute atomic E-state index is 0.112. The van der Waals surface area contributed by atoms with Crippen molar-refractivity contribution < 1.29 is 17.9 Å². The maximum Gasteiger partial charge on any atom is 0.259 e. The third-order valence-corrected chi connectivity index (χ3v) is 4.21. The molecule has 1 fully saturated rings. The topological polar surface area (TPSA) is 88.6 Å². The Morgan fingerprint density at radius 2 is 2.14 bits per heavy atom. The normalized spacial score (nSPS) is 16.5. The first-order valence-electron chi connectivity index (χ1n) is 7.25. The van der Waals surface area contributed by atoms with Crippen LogP contribution in [-0.4, -0.2) is 56.2 Å². The van der Waals surface area contributed by atoms with Crippen LogP contribution in [0.25, 0.3) is 0 Å². The fourth-order valence-electron chi connectivity index (χ4n) is 2.48. The summed E-state index contributed by atoms with van der Waals surface area (Å²) in [5.74, 6) is 0.209. The Balaban J connectivity index is 2.01. The number of nitrogens with one attached hydrogen (secondary N) is 1. The highest BCUT2D eigenvalue weighted by atomic mass is 32.2. The summed E-state index contributed by atoms with van der Waals surface area (Å²) < 4.78 is 30.4. The molecule has 122 valence electrons. The standard InChI is InChI=1S/C14H21N3O4S/c1-3-21-13-12(5-4-8-15-13)14(18)17-9-6-11(7-10-17)16-22(2,19)20/h4-5,8,11,16H,3,6-7,9-10H2,1-2H3. The number of carbonyl (C=O) groups is 1. The van der Waals surface area contributed by atoms with Gasteiger partial charge in [-0.15, -0.1) is 0 Å². The molecule has 1 amide bonds. The molecule has 1 aliphatic rings. The molecule has 8 heteroatoms. The number of pyridine rings is 1. The van der Waals surface area contributed by atoms with Crippen molar-refractivity contribution in [1.82, 2.24) is 14.6 Å². The molecule has 1 N–H and O–H groups in total. The summed E-state index contributed by atoms with van der Waals surface area (Å²) >= 11 is 0. The number of piperidine rings is 1. The van der Waals surface area contributed by atoms with E-state index in [0.717, 1.165) is 6.26 Å². The van der Waals surface area contributed by atoms with Crippen molar-refractivity contribution >= 4 is 15.9 Å². The number of hydrogen-bond acceptors (Lipinski definition) is 5. The van der Waals surface area contributed by atoms with Gasteiger partial charge in [-0.25, -0.2) is 18.1 Å². The molecule has 0 aliphatic carbocycles. The second kappa shape index (κ2) is 7.06. The van der Waals surface area contributed by atoms with Crippen LogP contribution in [0.5, 0.6) is 5.88 Å². The van der Waals surface area contributed by atoms with Gasteiger partial charge in [-0.05, 0) is 31.9 Å². The van der Waals surface area contributed by atoms with Gasteiger partial charge >= 0.3 is 0 Å². The first kappa shape index (κ1) is 16.7. The summed E-state index contributed by atoms with van der Waals surface area (Å²) in [7, 11) is -3.21. The lowest BCUT2D eigenvalue weighted by Crippen LogP contribution is -2.46. The molecule has 1 aromatic heterocycles. The fourth-order valence-corrected chi connectivity index (χ4v) is 3.32. The van der Waals surface area contributed by atoms with Gasteiger partial charge in [-0.3, -0.25) is 4.79 Å². The van der Waals surface area contributed by atoms with Gasteiger partial charge in [0.05, 0.1) is 12.9 Å². The molecule has 22 heavy (non-hydrogen) atoms. The Bertz CT molecular complexity index is 625. The van der Waals surface area contributed by atoms with Crippen molar-refractivity contribution in [3.05, 3.63) is 23.9 Å². The Hall–Kier alpha value is -1.67. The van der Waals surface area contributed by atoms with Gasteiger partial charge in [0.25, 0.3) is 5.91 Å². The predicted molar refractivity (Wildman–Crippen MR) is 82.3 cm³/mol. The highest BCUT2D eigenvalue weighted by molar-refractivity contribution is 7.88. The average molecular weight is 327 g/mol. The number of carbonyl (C=O) groups excluding carboxylic acids is 1. The van der Waals surface area contributed by atoms with Crippen LogP contribution in [0.2, 0.25) is 0 Å². The Morgan fingerprint density at radius 1 is 1.45 bits per heavy atom. The summed E-state index contributed by atoms with van der Waals surface area (Å²) in [5, 5.41) is 0. The SMILES string of the molecule is CCOc1ncccc1C(=O)N1CCC(NS(C)(=O)=O)CC1. The van der Waals surface area contributed by atoms with Crippen molar-refractivity contribution in [3.8, 4) is 5.88 Å². The molecule has 2 heterocycles. The van der Waals surface area contributed by atoms with Crippen LogP contribution in [0.1, 0.15) is 30.1 Å². The van der Waals surface area contributed by atoms with Crippen LogP contribution in [0.3, 0.4) is 0 Å². The maximum atomic E-state index is 12.6. The minimum atomic E-state index is -3.21. The highest BCUT2D eigenvalue weighted by Gasteiger charge is 2.27. The molecule has 7 nitrogen and oxygen atoms in total. The van der Waals surface area contributed by atoms with Gasteiger partial charge in [-0.1, -0.05) is 0 Å². The van der Waals surface area contributed by atoms with Gasteiger partial charge < -0.3 is 9.64 Å². The Labute approximate surface area is 130 Å². The van der Waals surface area contributed by atoms with Gasteiger partial charge in [0, 0.05) is 25.3 Å². The molecule has 1 saturated heterocycles. The van der Waals surface area contributed by atoms with E-state index in [0.29, 0.717) is 44.0 Å². The molecular formula is C14H21N3O4S. The number of hydrogen-bond donors (Lipinski definition) is 1. The van der Waals surface area contributed by atoms with Gasteiger partial charge in [0.2, 0.25) is 15.9 Å². The Kier molecular flexibility index (Phi) is 5.36. The largest absolute Gasteiger partial charge is 0.477 e. The molecular weight excluding hydrogens is 306 g/mol. The zero-order chi connectivity index (χ0) is 16.2. The van der Waals surface area contributed by atoms with Gasteiger partial charge in [-0.2, -0.15) is 0 Å². The molecule has 1 aliphatic heterocycles. The van der Waals surface area contributed by atoms with Crippen LogP contribution in [0.15, 0.2) is 18.3 Å². The van der Waals surface area contributed by atoms with E-state index in [1.165, 1.54) is 0 Å². The summed E-state index contributed by atoms with van der Waals surface area (Å²) in [6.45, 7) is 3.29. The third-order valence-electron chi connectivity index (χ3n) is 3.45. The molecule has 0 saturated carbocycles. The molecule has 0 bridgehead atoms. The second-order valence-corrected chi connectivity index (χ2v) is 7.03. The summed E-state index contributed by atoms with van der Waals surface area (Å²) in [5.41, 5.74) is 0.443. The van der Waals surface area contributed by atoms with Crippen molar-refractivity contribution in [2.75, 3.05) is 26.0 Å². The van der Waals surface area contributed by atoms with E-state index in [9.17, 15) is 13.2 Å². The van der Waals surface area contributed by atoms with Crippen molar-refractivity contribution in [2.24, 2.45) is 0 Å². The van der Waals surface area contributed by atoms with E-state index < -0.39 is 10.0 Å². The van der Waals surface area contributed by atoms with E-state index in [4.69, 9.17) is 4.74 Å². The fraction of sp³-hybridized carbons (Fsp3) is 0.571. The first-order chi connectivity index (χ1) is 10.4. The van der Waals surface area contributed by atoms with Crippen LogP contribution in [-0.2, 0) is 10.0 Å². The monoisotopic (exact) mass is 327 g/mol. The lowest BCUT2D eigenvalue weighted by Gasteiger charge is -2.32. The summed E-state index contributed by atoms with van der Waals surface area (Å²) in [6, 6.07) is 3.29. The van der Waals surface area contributed by atoms with Crippen LogP contribution < -0.4 is 9.46 Å². The van der Waals surface area contributed by atoms with E-state index in [-0.39, 0.29) is 11.9 Å². The number of sulfonamides is 1. The molecule has 0 radical (unpaired) electrons. The van der Waals surface area contributed by atoms with Crippen molar-refractivity contribution in [2.45, 2.75) is 25.8 Å². The van der Waals surface area contributed by atoms with Crippen molar-refractivity contribution in [1.29, 1.82) is 0 Å². The maximum absolute atomic E-state index is 12.6. The summed E-state index contributed by atoms with van der Waals surface area (Å²) in [6.07, 6.45) is 3.94. The van der Waals surface area contributed by atoms with E-state index in [2.05, 4.69) is 9.71 Å². The number of amides is 1. The average Bonchev–Trinajstić information content (AvgIpc) is 2.47. The van der Waals surface area contributed by atoms with Crippen LogP contribution in [0.4, 0.5) is 0 Å². The molecule has 0 atom stereocenters. The Morgan fingerprint density at radius 3 is 2.73 bits per heavy atom. The molecule has 0 spiro atoms. The third kappa shape index (κ3) is 4.41. The highest BCUT2D eigenvalue weighted by Crippen LogP contribution is 2.20. The zero-order valence-electron chi connectivity index (χ0n) is 12.8. The predicted octanol–water partition coefficient (Wildman–Crippen LogP) is 0.634. The van der Waals surface area contributed by atoms with E-state index >= 15 is 0 Å². The quantitative estimate of drug-likeness (QED) is 0.857. The molecule has 1 aromatic rings. The lowest BCUT2D eigenvalue weighted by molar-refractivity contribution is 0.0706. The minimum Gasteiger partial charge on any atom is -0.477 e. The number of aromatic nitrogens is 1.